The van der Waals surface area contributed by atoms with E-state index in [1.54, 1.807) is 61.3 Å². The molecular formula is C21H18Cl2N4O2. The summed E-state index contributed by atoms with van der Waals surface area (Å²) in [4.78, 5) is 21.8. The number of aromatic amines is 1. The summed E-state index contributed by atoms with van der Waals surface area (Å²) in [5.41, 5.74) is 2.38. The number of ether oxygens (including phenoxy) is 1. The quantitative estimate of drug-likeness (QED) is 0.633. The molecule has 3 rings (SSSR count). The predicted molar refractivity (Wildman–Crippen MR) is 114 cm³/mol. The number of aromatic nitrogens is 2. The van der Waals surface area contributed by atoms with Crippen LogP contribution in [0, 0.1) is 18.3 Å². The summed E-state index contributed by atoms with van der Waals surface area (Å²) in [7, 11) is 3.28. The number of nitrogens with one attached hydrogen (secondary N) is 1. The lowest BCUT2D eigenvalue weighted by Crippen LogP contribution is -2.24. The van der Waals surface area contributed by atoms with Crippen LogP contribution in [0.4, 0.5) is 11.6 Å². The van der Waals surface area contributed by atoms with Gasteiger partial charge >= 0.3 is 0 Å². The van der Waals surface area contributed by atoms with Crippen molar-refractivity contribution in [3.8, 4) is 6.07 Å². The maximum atomic E-state index is 12.6. The highest BCUT2D eigenvalue weighted by Gasteiger charge is 2.25. The van der Waals surface area contributed by atoms with Gasteiger partial charge in [0.15, 0.2) is 0 Å². The number of nitrogens with zero attached hydrogens (tertiary/aromatic N) is 3. The standard InChI is InChI=1S/C21H18Cl2N4O2/c1-12-18(19(29-3)17-15(22)5-4-6-16(17)23)25-21(26-20(12)28)27(2)14-9-7-13(11-24)8-10-14/h4-10,19H,1-3H3,(H,25,26,28). The molecule has 0 saturated carbocycles. The maximum absolute atomic E-state index is 12.6. The first-order valence-electron chi connectivity index (χ1n) is 8.68. The van der Waals surface area contributed by atoms with Crippen LogP contribution in [0.5, 0.6) is 0 Å². The van der Waals surface area contributed by atoms with E-state index < -0.39 is 6.10 Å². The summed E-state index contributed by atoms with van der Waals surface area (Å²) in [5.74, 6) is 0.325. The van der Waals surface area contributed by atoms with Crippen LogP contribution >= 0.6 is 23.2 Å². The highest BCUT2D eigenvalue weighted by molar-refractivity contribution is 6.36. The van der Waals surface area contributed by atoms with Gasteiger partial charge in [0.2, 0.25) is 5.95 Å². The van der Waals surface area contributed by atoms with E-state index in [1.807, 2.05) is 0 Å². The molecule has 1 atom stereocenters. The van der Waals surface area contributed by atoms with Crippen LogP contribution in [0.2, 0.25) is 10.0 Å². The molecule has 0 spiro atoms. The van der Waals surface area contributed by atoms with Gasteiger partial charge in [-0.05, 0) is 43.3 Å². The van der Waals surface area contributed by atoms with E-state index >= 15 is 0 Å². The third-order valence-electron chi connectivity index (χ3n) is 4.62. The Labute approximate surface area is 178 Å². The molecule has 8 heteroatoms. The van der Waals surface area contributed by atoms with Crippen LogP contribution in [0.3, 0.4) is 0 Å². The van der Waals surface area contributed by atoms with Crippen LogP contribution in [-0.2, 0) is 4.74 Å². The zero-order valence-electron chi connectivity index (χ0n) is 16.0. The van der Waals surface area contributed by atoms with Crippen molar-refractivity contribution in [3.05, 3.63) is 85.2 Å². The minimum Gasteiger partial charge on any atom is -0.370 e. The Morgan fingerprint density at radius 3 is 2.34 bits per heavy atom. The highest BCUT2D eigenvalue weighted by atomic mass is 35.5. The van der Waals surface area contributed by atoms with Gasteiger partial charge < -0.3 is 9.64 Å². The van der Waals surface area contributed by atoms with E-state index in [9.17, 15) is 4.79 Å². The normalized spacial score (nSPS) is 11.7. The molecule has 1 unspecified atom stereocenters. The molecule has 1 N–H and O–H groups in total. The molecule has 2 aromatic carbocycles. The number of hydrogen-bond donors (Lipinski definition) is 1. The molecule has 0 fully saturated rings. The summed E-state index contributed by atoms with van der Waals surface area (Å²) >= 11 is 12.7. The molecule has 3 aromatic rings. The second kappa shape index (κ2) is 8.66. The monoisotopic (exact) mass is 428 g/mol. The third kappa shape index (κ3) is 4.13. The lowest BCUT2D eigenvalue weighted by Gasteiger charge is -2.23. The molecule has 0 radical (unpaired) electrons. The zero-order valence-corrected chi connectivity index (χ0v) is 17.5. The van der Waals surface area contributed by atoms with E-state index in [4.69, 9.17) is 33.2 Å². The van der Waals surface area contributed by atoms with Crippen LogP contribution in [0.25, 0.3) is 0 Å². The average molecular weight is 429 g/mol. The van der Waals surface area contributed by atoms with Crippen LogP contribution in [-0.4, -0.2) is 24.1 Å². The molecule has 0 bridgehead atoms. The van der Waals surface area contributed by atoms with Crippen LogP contribution in [0.15, 0.2) is 47.3 Å². The Hall–Kier alpha value is -2.85. The fourth-order valence-corrected chi connectivity index (χ4v) is 3.56. The molecule has 148 valence electrons. The second-order valence-corrected chi connectivity index (χ2v) is 7.18. The molecule has 6 nitrogen and oxygen atoms in total. The molecule has 0 aliphatic rings. The molecule has 1 heterocycles. The average Bonchev–Trinajstić information content (AvgIpc) is 2.72. The summed E-state index contributed by atoms with van der Waals surface area (Å²) in [5, 5.41) is 9.82. The minimum absolute atomic E-state index is 0.296. The van der Waals surface area contributed by atoms with Crippen molar-refractivity contribution in [2.45, 2.75) is 13.0 Å². The van der Waals surface area contributed by atoms with E-state index in [0.717, 1.165) is 5.69 Å². The summed E-state index contributed by atoms with van der Waals surface area (Å²) < 4.78 is 5.65. The smallest absolute Gasteiger partial charge is 0.255 e. The highest BCUT2D eigenvalue weighted by Crippen LogP contribution is 2.36. The number of benzene rings is 2. The fraction of sp³-hybridized carbons (Fsp3) is 0.190. The van der Waals surface area contributed by atoms with Crippen molar-refractivity contribution in [1.82, 2.24) is 9.97 Å². The first-order chi connectivity index (χ1) is 13.9. The van der Waals surface area contributed by atoms with Crippen molar-refractivity contribution < 1.29 is 4.74 Å². The number of hydrogen-bond acceptors (Lipinski definition) is 5. The lowest BCUT2D eigenvalue weighted by molar-refractivity contribution is 0.132. The largest absolute Gasteiger partial charge is 0.370 e. The summed E-state index contributed by atoms with van der Waals surface area (Å²) in [6.07, 6.45) is -0.716. The van der Waals surface area contributed by atoms with Gasteiger partial charge in [-0.1, -0.05) is 29.3 Å². The van der Waals surface area contributed by atoms with Crippen LogP contribution < -0.4 is 10.5 Å². The Balaban J connectivity index is 2.11. The first kappa shape index (κ1) is 20.9. The molecule has 0 amide bonds. The van der Waals surface area contributed by atoms with Gasteiger partial charge in [-0.15, -0.1) is 0 Å². The molecule has 0 saturated heterocycles. The number of nitriles is 1. The SMILES string of the molecule is COC(c1nc(N(C)c2ccc(C#N)cc2)[nH]c(=O)c1C)c1c(Cl)cccc1Cl. The minimum atomic E-state index is -0.716. The van der Waals surface area contributed by atoms with Gasteiger partial charge in [-0.3, -0.25) is 9.78 Å². The van der Waals surface area contributed by atoms with Crippen molar-refractivity contribution >= 4 is 34.8 Å². The van der Waals surface area contributed by atoms with Crippen molar-refractivity contribution in [1.29, 1.82) is 5.26 Å². The van der Waals surface area contributed by atoms with Crippen molar-refractivity contribution in [2.75, 3.05) is 19.1 Å². The van der Waals surface area contributed by atoms with E-state index in [0.29, 0.717) is 38.4 Å². The number of anilines is 2. The lowest BCUT2D eigenvalue weighted by atomic mass is 10.0. The first-order valence-corrected chi connectivity index (χ1v) is 9.44. The Kier molecular flexibility index (Phi) is 6.23. The van der Waals surface area contributed by atoms with Crippen LogP contribution in [0.1, 0.15) is 28.5 Å². The van der Waals surface area contributed by atoms with Gasteiger partial charge in [-0.25, -0.2) is 4.98 Å². The molecule has 0 aliphatic carbocycles. The Bertz CT molecular complexity index is 1120. The third-order valence-corrected chi connectivity index (χ3v) is 5.28. The Morgan fingerprint density at radius 2 is 1.79 bits per heavy atom. The molecular weight excluding hydrogens is 411 g/mol. The van der Waals surface area contributed by atoms with Gasteiger partial charge in [0, 0.05) is 41.0 Å². The number of methoxy groups -OCH3 is 1. The summed E-state index contributed by atoms with van der Waals surface area (Å²) in [6.45, 7) is 1.67. The molecule has 0 aliphatic heterocycles. The summed E-state index contributed by atoms with van der Waals surface area (Å²) in [6, 6.07) is 14.2. The predicted octanol–water partition coefficient (Wildman–Crippen LogP) is 4.76. The van der Waals surface area contributed by atoms with E-state index in [-0.39, 0.29) is 5.56 Å². The van der Waals surface area contributed by atoms with Crippen molar-refractivity contribution in [2.24, 2.45) is 0 Å². The molecule has 29 heavy (non-hydrogen) atoms. The second-order valence-electron chi connectivity index (χ2n) is 6.37. The van der Waals surface area contributed by atoms with E-state index in [1.165, 1.54) is 7.11 Å². The molecule has 1 aromatic heterocycles. The van der Waals surface area contributed by atoms with Gasteiger partial charge in [0.25, 0.3) is 5.56 Å². The maximum Gasteiger partial charge on any atom is 0.255 e. The van der Waals surface area contributed by atoms with Gasteiger partial charge in [0.1, 0.15) is 6.10 Å². The Morgan fingerprint density at radius 1 is 1.17 bits per heavy atom. The van der Waals surface area contributed by atoms with E-state index in [2.05, 4.69) is 16.0 Å². The number of H-pyrrole nitrogens is 1. The van der Waals surface area contributed by atoms with Gasteiger partial charge in [-0.2, -0.15) is 5.26 Å². The topological polar surface area (TPSA) is 82.0 Å². The fourth-order valence-electron chi connectivity index (χ4n) is 2.96. The number of halogens is 2. The zero-order chi connectivity index (χ0) is 21.1. The van der Waals surface area contributed by atoms with Gasteiger partial charge in [0.05, 0.1) is 17.3 Å². The van der Waals surface area contributed by atoms with Crippen molar-refractivity contribution in [3.63, 3.8) is 0 Å². The number of rotatable bonds is 5.